The summed E-state index contributed by atoms with van der Waals surface area (Å²) in [5.41, 5.74) is 11.0. The normalized spacial score (nSPS) is 16.2. The Hall–Kier alpha value is -1.72. The molecule has 1 aromatic carbocycles. The maximum atomic E-state index is 5.60. The first-order valence-electron chi connectivity index (χ1n) is 8.30. The Labute approximate surface area is 159 Å². The zero-order valence-electron chi connectivity index (χ0n) is 14.5. The molecular weight excluding hydrogens is 359 g/mol. The molecule has 0 bridgehead atoms. The summed E-state index contributed by atoms with van der Waals surface area (Å²) in [6, 6.07) is 6.32. The van der Waals surface area contributed by atoms with Crippen LogP contribution in [0, 0.1) is 12.8 Å². The second-order valence-electron chi connectivity index (χ2n) is 6.66. The molecule has 7 heteroatoms. The molecule has 0 saturated heterocycles. The molecule has 0 fully saturated rings. The molecule has 25 heavy (non-hydrogen) atoms. The van der Waals surface area contributed by atoms with Crippen LogP contribution in [0.2, 0.25) is 0 Å². The smallest absolute Gasteiger partial charge is 0.292 e. The number of aromatic nitrogens is 3. The van der Waals surface area contributed by atoms with Crippen LogP contribution in [0.1, 0.15) is 36.1 Å². The molecule has 2 aromatic heterocycles. The zero-order chi connectivity index (χ0) is 16.0. The molecule has 136 valence electrons. The van der Waals surface area contributed by atoms with Gasteiger partial charge in [-0.3, -0.25) is 0 Å². The number of benzene rings is 1. The maximum Gasteiger partial charge on any atom is 0.292 e. The van der Waals surface area contributed by atoms with E-state index in [1.807, 2.05) is 12.1 Å². The van der Waals surface area contributed by atoms with Crippen LogP contribution in [0.4, 0.5) is 6.01 Å². The number of hydrogen-bond donors (Lipinski definition) is 1. The van der Waals surface area contributed by atoms with Crippen LogP contribution in [0.5, 0.6) is 0 Å². The molecule has 1 aliphatic heterocycles. The molecule has 0 radical (unpaired) electrons. The minimum absolute atomic E-state index is 0. The Morgan fingerprint density at radius 3 is 2.84 bits per heavy atom. The van der Waals surface area contributed by atoms with Gasteiger partial charge in [-0.05, 0) is 49.8 Å². The van der Waals surface area contributed by atoms with Gasteiger partial charge < -0.3 is 14.7 Å². The van der Waals surface area contributed by atoms with Crippen molar-refractivity contribution in [1.29, 1.82) is 0 Å². The monoisotopic (exact) mass is 382 g/mol. The summed E-state index contributed by atoms with van der Waals surface area (Å²) in [7, 11) is 0. The molecule has 0 spiro atoms. The second kappa shape index (κ2) is 7.67. The van der Waals surface area contributed by atoms with E-state index in [4.69, 9.17) is 15.1 Å². The van der Waals surface area contributed by atoms with E-state index in [9.17, 15) is 0 Å². The standard InChI is InChI=1S/C18H22N4O.2ClH/c1-11-7-8-22-12(2)14(20-17(22)9-11)5-3-13-4-6-15-16(10-13)23-18(19)21-15;;/h4,6,10-11H,3,5,7-9H2,1-2H3,(H2,19,21);2*1H. The molecule has 1 atom stereocenters. The Kier molecular flexibility index (Phi) is 6.01. The van der Waals surface area contributed by atoms with E-state index < -0.39 is 0 Å². The van der Waals surface area contributed by atoms with Crippen LogP contribution in [-0.4, -0.2) is 14.5 Å². The van der Waals surface area contributed by atoms with Gasteiger partial charge in [0, 0.05) is 18.7 Å². The Balaban J connectivity index is 0.00000113. The van der Waals surface area contributed by atoms with Crippen LogP contribution in [0.3, 0.4) is 0 Å². The van der Waals surface area contributed by atoms with Crippen molar-refractivity contribution in [2.75, 3.05) is 5.73 Å². The zero-order valence-corrected chi connectivity index (χ0v) is 16.1. The summed E-state index contributed by atoms with van der Waals surface area (Å²) in [6.45, 7) is 5.62. The average molecular weight is 383 g/mol. The van der Waals surface area contributed by atoms with Gasteiger partial charge in [-0.1, -0.05) is 13.0 Å². The predicted octanol–water partition coefficient (Wildman–Crippen LogP) is 4.13. The first-order chi connectivity index (χ1) is 11.1. The highest BCUT2D eigenvalue weighted by molar-refractivity contribution is 5.85. The first-order valence-corrected chi connectivity index (χ1v) is 8.30. The van der Waals surface area contributed by atoms with Crippen LogP contribution >= 0.6 is 24.8 Å². The minimum atomic E-state index is 0. The van der Waals surface area contributed by atoms with Gasteiger partial charge in [0.15, 0.2) is 5.58 Å². The fraction of sp³-hybridized carbons (Fsp3) is 0.444. The van der Waals surface area contributed by atoms with Crippen molar-refractivity contribution >= 4 is 41.9 Å². The van der Waals surface area contributed by atoms with Crippen LogP contribution in [0.15, 0.2) is 22.6 Å². The third kappa shape index (κ3) is 3.77. The van der Waals surface area contributed by atoms with Gasteiger partial charge in [-0.15, -0.1) is 24.8 Å². The molecule has 0 amide bonds. The molecular formula is C18H24Cl2N4O. The van der Waals surface area contributed by atoms with Crippen molar-refractivity contribution in [3.05, 3.63) is 41.0 Å². The number of hydrogen-bond acceptors (Lipinski definition) is 4. The number of rotatable bonds is 3. The summed E-state index contributed by atoms with van der Waals surface area (Å²) >= 11 is 0. The Morgan fingerprint density at radius 2 is 2.04 bits per heavy atom. The van der Waals surface area contributed by atoms with Crippen molar-refractivity contribution in [3.63, 3.8) is 0 Å². The van der Waals surface area contributed by atoms with E-state index >= 15 is 0 Å². The number of nitrogen functional groups attached to an aromatic ring is 1. The van der Waals surface area contributed by atoms with Crippen molar-refractivity contribution in [2.24, 2.45) is 5.92 Å². The van der Waals surface area contributed by atoms with E-state index in [1.54, 1.807) is 0 Å². The molecule has 3 heterocycles. The van der Waals surface area contributed by atoms with Gasteiger partial charge in [-0.2, -0.15) is 4.98 Å². The highest BCUT2D eigenvalue weighted by Gasteiger charge is 2.20. The lowest BCUT2D eigenvalue weighted by molar-refractivity contribution is 0.405. The first kappa shape index (κ1) is 19.6. The van der Waals surface area contributed by atoms with Crippen molar-refractivity contribution in [3.8, 4) is 0 Å². The second-order valence-corrected chi connectivity index (χ2v) is 6.66. The predicted molar refractivity (Wildman–Crippen MR) is 105 cm³/mol. The number of fused-ring (bicyclic) bond motifs is 2. The lowest BCUT2D eigenvalue weighted by atomic mass is 10.0. The van der Waals surface area contributed by atoms with E-state index in [2.05, 4.69) is 29.5 Å². The third-order valence-electron chi connectivity index (χ3n) is 4.89. The summed E-state index contributed by atoms with van der Waals surface area (Å²) in [5.74, 6) is 2.01. The molecule has 5 nitrogen and oxygen atoms in total. The third-order valence-corrected chi connectivity index (χ3v) is 4.89. The van der Waals surface area contributed by atoms with E-state index in [1.165, 1.54) is 29.2 Å². The molecule has 0 saturated carbocycles. The van der Waals surface area contributed by atoms with Gasteiger partial charge >= 0.3 is 0 Å². The van der Waals surface area contributed by atoms with Gasteiger partial charge in [0.25, 0.3) is 6.01 Å². The number of imidazole rings is 1. The molecule has 2 N–H and O–H groups in total. The molecule has 1 unspecified atom stereocenters. The quantitative estimate of drug-likeness (QED) is 0.739. The van der Waals surface area contributed by atoms with Crippen LogP contribution in [-0.2, 0) is 25.8 Å². The summed E-state index contributed by atoms with van der Waals surface area (Å²) in [4.78, 5) is 9.02. The lowest BCUT2D eigenvalue weighted by Crippen LogP contribution is -2.18. The van der Waals surface area contributed by atoms with E-state index in [0.29, 0.717) is 0 Å². The van der Waals surface area contributed by atoms with Gasteiger partial charge in [0.05, 0.1) is 5.69 Å². The topological polar surface area (TPSA) is 69.9 Å². The van der Waals surface area contributed by atoms with E-state index in [-0.39, 0.29) is 30.8 Å². The van der Waals surface area contributed by atoms with Crippen LogP contribution in [0.25, 0.3) is 11.1 Å². The fourth-order valence-electron chi connectivity index (χ4n) is 3.50. The number of aryl methyl sites for hydroxylation is 2. The summed E-state index contributed by atoms with van der Waals surface area (Å²) in [5, 5.41) is 0. The van der Waals surface area contributed by atoms with Gasteiger partial charge in [0.1, 0.15) is 11.3 Å². The Bertz CT molecular complexity index is 871. The molecule has 3 aromatic rings. The van der Waals surface area contributed by atoms with Gasteiger partial charge in [-0.25, -0.2) is 4.98 Å². The Morgan fingerprint density at radius 1 is 1.24 bits per heavy atom. The van der Waals surface area contributed by atoms with Gasteiger partial charge in [0.2, 0.25) is 0 Å². The van der Waals surface area contributed by atoms with Crippen molar-refractivity contribution in [2.45, 2.75) is 46.1 Å². The molecule has 1 aliphatic rings. The van der Waals surface area contributed by atoms with E-state index in [0.717, 1.165) is 42.8 Å². The highest BCUT2D eigenvalue weighted by atomic mass is 35.5. The maximum absolute atomic E-state index is 5.60. The molecule has 0 aliphatic carbocycles. The summed E-state index contributed by atoms with van der Waals surface area (Å²) < 4.78 is 7.81. The SMILES string of the molecule is Cc1c(CCc2ccc3nc(N)oc3c2)nc2n1CCC(C)C2.Cl.Cl. The van der Waals surface area contributed by atoms with Crippen molar-refractivity contribution in [1.82, 2.24) is 14.5 Å². The highest BCUT2D eigenvalue weighted by Crippen LogP contribution is 2.24. The number of oxazole rings is 1. The molecule has 4 rings (SSSR count). The van der Waals surface area contributed by atoms with Crippen LogP contribution < -0.4 is 5.73 Å². The summed E-state index contributed by atoms with van der Waals surface area (Å²) in [6.07, 6.45) is 4.26. The number of nitrogens with two attached hydrogens (primary N) is 1. The number of nitrogens with zero attached hydrogens (tertiary/aromatic N) is 3. The largest absolute Gasteiger partial charge is 0.424 e. The lowest BCUT2D eigenvalue weighted by Gasteiger charge is -2.20. The number of halogens is 2. The fourth-order valence-corrected chi connectivity index (χ4v) is 3.50. The average Bonchev–Trinajstić information content (AvgIpc) is 3.03. The minimum Gasteiger partial charge on any atom is -0.424 e. The van der Waals surface area contributed by atoms with Crippen molar-refractivity contribution < 1.29 is 4.42 Å². The number of anilines is 1.